The molecule has 2 saturated heterocycles. The van der Waals surface area contributed by atoms with Crippen LogP contribution in [0.4, 0.5) is 5.69 Å². The molecule has 42 heavy (non-hydrogen) atoms. The molecular formula is C35H50N4O3. The molecule has 3 aliphatic heterocycles. The zero-order chi connectivity index (χ0) is 29.1. The van der Waals surface area contributed by atoms with Crippen molar-refractivity contribution in [2.75, 3.05) is 57.3 Å². The van der Waals surface area contributed by atoms with E-state index >= 15 is 0 Å². The second-order valence-electron chi connectivity index (χ2n) is 12.3. The van der Waals surface area contributed by atoms with Gasteiger partial charge in [-0.15, -0.1) is 0 Å². The zero-order valence-corrected chi connectivity index (χ0v) is 25.6. The van der Waals surface area contributed by atoms with Crippen molar-refractivity contribution in [3.05, 3.63) is 59.7 Å². The van der Waals surface area contributed by atoms with Gasteiger partial charge in [0, 0.05) is 56.9 Å². The lowest BCUT2D eigenvalue weighted by atomic mass is 10.00. The predicted octanol–water partition coefficient (Wildman–Crippen LogP) is 5.98. The fourth-order valence-electron chi connectivity index (χ4n) is 6.89. The summed E-state index contributed by atoms with van der Waals surface area (Å²) in [7, 11) is 0. The number of ether oxygens (including phenoxy) is 1. The number of nitrogens with zero attached hydrogens (tertiary/aromatic N) is 4. The number of carbonyl (C=O) groups is 2. The minimum atomic E-state index is 0.103. The molecule has 0 spiro atoms. The van der Waals surface area contributed by atoms with E-state index in [1.54, 1.807) is 6.92 Å². The number of amides is 2. The lowest BCUT2D eigenvalue weighted by molar-refractivity contribution is -0.116. The van der Waals surface area contributed by atoms with Crippen molar-refractivity contribution < 1.29 is 14.3 Å². The molecule has 0 aliphatic carbocycles. The number of benzene rings is 2. The Morgan fingerprint density at radius 3 is 2.24 bits per heavy atom. The van der Waals surface area contributed by atoms with Crippen molar-refractivity contribution >= 4 is 17.5 Å². The molecule has 0 atom stereocenters. The number of anilines is 1. The molecule has 2 amide bonds. The van der Waals surface area contributed by atoms with Crippen LogP contribution >= 0.6 is 0 Å². The van der Waals surface area contributed by atoms with Gasteiger partial charge in [-0.05, 0) is 88.0 Å². The molecule has 3 aliphatic rings. The fourth-order valence-corrected chi connectivity index (χ4v) is 6.89. The summed E-state index contributed by atoms with van der Waals surface area (Å²) >= 11 is 0. The van der Waals surface area contributed by atoms with E-state index in [0.29, 0.717) is 18.2 Å². The Morgan fingerprint density at radius 2 is 1.48 bits per heavy atom. The standard InChI is InChI=1S/C35H50N4O3/c1-29(40)39-22-9-5-3-2-4-8-21-38(28-31-13-6-7-16-34(31)39)32-17-23-37(24-18-32)35(41)30-14-12-15-33(27-30)42-26-25-36-19-10-11-20-36/h6-7,12-16,27,32H,2-5,8-11,17-26,28H2,1H3. The number of para-hydroxylation sites is 1. The number of fused-ring (bicyclic) bond motifs is 1. The van der Waals surface area contributed by atoms with Gasteiger partial charge in [-0.25, -0.2) is 0 Å². The van der Waals surface area contributed by atoms with E-state index in [2.05, 4.69) is 34.1 Å². The summed E-state index contributed by atoms with van der Waals surface area (Å²) in [6.45, 7) is 9.85. The molecule has 0 unspecified atom stereocenters. The second-order valence-corrected chi connectivity index (χ2v) is 12.3. The van der Waals surface area contributed by atoms with Gasteiger partial charge in [-0.1, -0.05) is 49.9 Å². The van der Waals surface area contributed by atoms with Crippen LogP contribution in [0.15, 0.2) is 48.5 Å². The average Bonchev–Trinajstić information content (AvgIpc) is 3.53. The van der Waals surface area contributed by atoms with Crippen molar-refractivity contribution in [1.29, 1.82) is 0 Å². The monoisotopic (exact) mass is 574 g/mol. The van der Waals surface area contributed by atoms with Crippen LogP contribution in [0.2, 0.25) is 0 Å². The highest BCUT2D eigenvalue weighted by molar-refractivity contribution is 5.94. The Balaban J connectivity index is 1.20. The zero-order valence-electron chi connectivity index (χ0n) is 25.6. The minimum Gasteiger partial charge on any atom is -0.492 e. The molecule has 5 rings (SSSR count). The van der Waals surface area contributed by atoms with Gasteiger partial charge in [0.25, 0.3) is 5.91 Å². The first-order valence-electron chi connectivity index (χ1n) is 16.4. The Morgan fingerprint density at radius 1 is 0.786 bits per heavy atom. The van der Waals surface area contributed by atoms with Crippen LogP contribution < -0.4 is 9.64 Å². The Labute approximate surface area is 252 Å². The summed E-state index contributed by atoms with van der Waals surface area (Å²) in [4.78, 5) is 35.2. The summed E-state index contributed by atoms with van der Waals surface area (Å²) in [5.41, 5.74) is 3.00. The summed E-state index contributed by atoms with van der Waals surface area (Å²) in [5, 5.41) is 0. The lowest BCUT2D eigenvalue weighted by Gasteiger charge is -2.39. The topological polar surface area (TPSA) is 56.3 Å². The van der Waals surface area contributed by atoms with Crippen LogP contribution in [0.3, 0.4) is 0 Å². The normalized spacial score (nSPS) is 20.3. The summed E-state index contributed by atoms with van der Waals surface area (Å²) in [5.74, 6) is 1.01. The predicted molar refractivity (Wildman–Crippen MR) is 169 cm³/mol. The van der Waals surface area contributed by atoms with E-state index in [0.717, 1.165) is 70.0 Å². The van der Waals surface area contributed by atoms with Crippen molar-refractivity contribution in [3.8, 4) is 5.75 Å². The van der Waals surface area contributed by atoms with Crippen molar-refractivity contribution in [3.63, 3.8) is 0 Å². The van der Waals surface area contributed by atoms with E-state index in [1.165, 1.54) is 63.6 Å². The van der Waals surface area contributed by atoms with E-state index in [1.807, 2.05) is 34.1 Å². The van der Waals surface area contributed by atoms with Crippen molar-refractivity contribution in [2.45, 2.75) is 83.7 Å². The first-order chi connectivity index (χ1) is 20.6. The SMILES string of the molecule is CC(=O)N1CCCCCCCCN(C2CCN(C(=O)c3cccc(OCCN4CCCC4)c3)CC2)Cc2ccccc21. The summed E-state index contributed by atoms with van der Waals surface area (Å²) in [6.07, 6.45) is 11.7. The molecule has 2 aromatic rings. The molecule has 0 radical (unpaired) electrons. The molecule has 7 heteroatoms. The maximum absolute atomic E-state index is 13.5. The Hall–Kier alpha value is -2.90. The highest BCUT2D eigenvalue weighted by atomic mass is 16.5. The van der Waals surface area contributed by atoms with Crippen LogP contribution in [0, 0.1) is 0 Å². The summed E-state index contributed by atoms with van der Waals surface area (Å²) in [6, 6.07) is 16.6. The van der Waals surface area contributed by atoms with Gasteiger partial charge in [0.2, 0.25) is 5.91 Å². The fraction of sp³-hybridized carbons (Fsp3) is 0.600. The third-order valence-electron chi connectivity index (χ3n) is 9.34. The molecule has 7 nitrogen and oxygen atoms in total. The molecular weight excluding hydrogens is 524 g/mol. The average molecular weight is 575 g/mol. The number of likely N-dealkylation sites (tertiary alicyclic amines) is 2. The maximum atomic E-state index is 13.5. The molecule has 3 heterocycles. The minimum absolute atomic E-state index is 0.103. The molecule has 2 fully saturated rings. The number of rotatable bonds is 6. The van der Waals surface area contributed by atoms with Crippen molar-refractivity contribution in [1.82, 2.24) is 14.7 Å². The molecule has 0 bridgehead atoms. The molecule has 2 aromatic carbocycles. The first kappa shape index (κ1) is 30.6. The molecule has 0 saturated carbocycles. The van der Waals surface area contributed by atoms with Crippen LogP contribution in [0.1, 0.15) is 87.1 Å². The van der Waals surface area contributed by atoms with Crippen LogP contribution in [-0.2, 0) is 11.3 Å². The largest absolute Gasteiger partial charge is 0.492 e. The Kier molecular flexibility index (Phi) is 11.3. The lowest BCUT2D eigenvalue weighted by Crippen LogP contribution is -2.47. The van der Waals surface area contributed by atoms with Gasteiger partial charge in [0.15, 0.2) is 0 Å². The van der Waals surface area contributed by atoms with Gasteiger partial charge in [0.1, 0.15) is 12.4 Å². The highest BCUT2D eigenvalue weighted by Crippen LogP contribution is 2.28. The van der Waals surface area contributed by atoms with E-state index in [4.69, 9.17) is 4.74 Å². The molecule has 0 aromatic heterocycles. The van der Waals surface area contributed by atoms with Crippen LogP contribution in [0.25, 0.3) is 0 Å². The highest BCUT2D eigenvalue weighted by Gasteiger charge is 2.28. The van der Waals surface area contributed by atoms with E-state index < -0.39 is 0 Å². The number of hydrogen-bond acceptors (Lipinski definition) is 5. The van der Waals surface area contributed by atoms with Crippen molar-refractivity contribution in [2.24, 2.45) is 0 Å². The number of piperidine rings is 1. The smallest absolute Gasteiger partial charge is 0.253 e. The molecule has 228 valence electrons. The first-order valence-corrected chi connectivity index (χ1v) is 16.4. The van der Waals surface area contributed by atoms with Gasteiger partial charge in [-0.2, -0.15) is 0 Å². The quantitative estimate of drug-likeness (QED) is 0.425. The van der Waals surface area contributed by atoms with Crippen LogP contribution in [0.5, 0.6) is 5.75 Å². The van der Waals surface area contributed by atoms with Gasteiger partial charge in [0.05, 0.1) is 0 Å². The third kappa shape index (κ3) is 8.35. The molecule has 0 N–H and O–H groups in total. The van der Waals surface area contributed by atoms with Gasteiger partial charge >= 0.3 is 0 Å². The van der Waals surface area contributed by atoms with Gasteiger partial charge < -0.3 is 14.5 Å². The maximum Gasteiger partial charge on any atom is 0.253 e. The Bertz CT molecular complexity index is 1160. The van der Waals surface area contributed by atoms with E-state index in [9.17, 15) is 9.59 Å². The number of carbonyl (C=O) groups excluding carboxylic acids is 2. The third-order valence-corrected chi connectivity index (χ3v) is 9.34. The second kappa shape index (κ2) is 15.5. The number of hydrogen-bond donors (Lipinski definition) is 0. The van der Waals surface area contributed by atoms with E-state index in [-0.39, 0.29) is 11.8 Å². The van der Waals surface area contributed by atoms with Crippen LogP contribution in [-0.4, -0.2) is 85.0 Å². The van der Waals surface area contributed by atoms with Gasteiger partial charge in [-0.3, -0.25) is 19.4 Å². The summed E-state index contributed by atoms with van der Waals surface area (Å²) < 4.78 is 6.02.